The molecule has 5 rings (SSSR count). The highest BCUT2D eigenvalue weighted by Gasteiger charge is 2.32. The summed E-state index contributed by atoms with van der Waals surface area (Å²) in [6, 6.07) is 14.1. The van der Waals surface area contributed by atoms with Gasteiger partial charge in [0.15, 0.2) is 5.03 Å². The van der Waals surface area contributed by atoms with Crippen molar-refractivity contribution in [3.63, 3.8) is 0 Å². The van der Waals surface area contributed by atoms with Crippen LogP contribution in [0.1, 0.15) is 25.7 Å². The molecule has 3 heterocycles. The van der Waals surface area contributed by atoms with Gasteiger partial charge in [0, 0.05) is 45.9 Å². The second-order valence-electron chi connectivity index (χ2n) is 9.23. The minimum atomic E-state index is -3.69. The van der Waals surface area contributed by atoms with E-state index in [1.807, 2.05) is 35.2 Å². The number of hydrogen-bond donors (Lipinski definition) is 0. The number of para-hydroxylation sites is 1. The predicted octanol–water partition coefficient (Wildman–Crippen LogP) is 2.47. The summed E-state index contributed by atoms with van der Waals surface area (Å²) < 4.78 is 40.8. The zero-order valence-corrected chi connectivity index (χ0v) is 21.6. The van der Waals surface area contributed by atoms with E-state index in [4.69, 9.17) is 9.47 Å². The number of benzene rings is 1. The van der Waals surface area contributed by atoms with Gasteiger partial charge >= 0.3 is 5.56 Å². The molecule has 2 atom stereocenters. The Morgan fingerprint density at radius 3 is 2.38 bits per heavy atom. The Morgan fingerprint density at radius 1 is 0.946 bits per heavy atom. The molecular formula is C26H31N5O5S. The highest BCUT2D eigenvalue weighted by Crippen LogP contribution is 2.31. The summed E-state index contributed by atoms with van der Waals surface area (Å²) in [6.07, 6.45) is 6.54. The molecule has 1 saturated heterocycles. The first-order valence-corrected chi connectivity index (χ1v) is 13.9. The number of aromatic nitrogens is 3. The molecule has 2 aliphatic rings. The first-order chi connectivity index (χ1) is 18.0. The predicted molar refractivity (Wildman–Crippen MR) is 139 cm³/mol. The highest BCUT2D eigenvalue weighted by atomic mass is 32.2. The summed E-state index contributed by atoms with van der Waals surface area (Å²) in [7, 11) is -1.99. The fourth-order valence-corrected chi connectivity index (χ4v) is 6.26. The van der Waals surface area contributed by atoms with E-state index in [0.29, 0.717) is 30.9 Å². The largest absolute Gasteiger partial charge is 0.483 e. The smallest absolute Gasteiger partial charge is 0.316 e. The number of rotatable bonds is 7. The zero-order valence-electron chi connectivity index (χ0n) is 20.8. The standard InChI is InChI=1S/C26H31N5O5S/c1-35-21-10-7-11-22(18-21)36-25-23(19-28-31(26(25)32)20-8-3-2-4-9-20)29-14-16-30(17-15-29)37(33,34)24-12-5-6-13-27-24/h2-6,8-9,12-13,19,21-22H,7,10-11,14-18H2,1H3. The monoisotopic (exact) mass is 525 g/mol. The van der Waals surface area contributed by atoms with Crippen LogP contribution in [0.4, 0.5) is 5.69 Å². The fourth-order valence-electron chi connectivity index (χ4n) is 4.91. The average molecular weight is 526 g/mol. The van der Waals surface area contributed by atoms with E-state index >= 15 is 0 Å². The Balaban J connectivity index is 1.42. The van der Waals surface area contributed by atoms with Gasteiger partial charge in [-0.05, 0) is 43.5 Å². The van der Waals surface area contributed by atoms with Crippen molar-refractivity contribution >= 4 is 15.7 Å². The third kappa shape index (κ3) is 5.39. The van der Waals surface area contributed by atoms with Crippen LogP contribution in [-0.2, 0) is 14.8 Å². The van der Waals surface area contributed by atoms with Gasteiger partial charge in [0.1, 0.15) is 11.8 Å². The number of hydrogen-bond acceptors (Lipinski definition) is 8. The van der Waals surface area contributed by atoms with Crippen LogP contribution < -0.4 is 15.2 Å². The first-order valence-electron chi connectivity index (χ1n) is 12.5. The maximum absolute atomic E-state index is 13.7. The lowest BCUT2D eigenvalue weighted by molar-refractivity contribution is 0.0204. The van der Waals surface area contributed by atoms with Crippen molar-refractivity contribution in [2.45, 2.75) is 42.9 Å². The molecule has 1 aliphatic carbocycles. The molecule has 0 N–H and O–H groups in total. The van der Waals surface area contributed by atoms with Crippen molar-refractivity contribution in [2.24, 2.45) is 0 Å². The molecule has 0 bridgehead atoms. The lowest BCUT2D eigenvalue weighted by Crippen LogP contribution is -2.49. The van der Waals surface area contributed by atoms with E-state index in [-0.39, 0.29) is 41.6 Å². The van der Waals surface area contributed by atoms with Crippen LogP contribution in [0.15, 0.2) is 70.7 Å². The van der Waals surface area contributed by atoms with Crippen molar-refractivity contribution in [3.05, 3.63) is 71.3 Å². The molecule has 37 heavy (non-hydrogen) atoms. The second kappa shape index (κ2) is 11.0. The summed E-state index contributed by atoms with van der Waals surface area (Å²) in [4.78, 5) is 19.7. The van der Waals surface area contributed by atoms with Crippen molar-refractivity contribution in [1.82, 2.24) is 19.1 Å². The van der Waals surface area contributed by atoms with Crippen LogP contribution in [-0.4, -0.2) is 73.0 Å². The maximum atomic E-state index is 13.7. The number of anilines is 1. The molecule has 1 aliphatic heterocycles. The normalized spacial score (nSPS) is 21.1. The molecule has 2 unspecified atom stereocenters. The molecule has 11 heteroatoms. The Labute approximate surface area is 216 Å². The van der Waals surface area contributed by atoms with Crippen LogP contribution in [0.3, 0.4) is 0 Å². The molecule has 2 aromatic heterocycles. The summed E-state index contributed by atoms with van der Waals surface area (Å²) >= 11 is 0. The highest BCUT2D eigenvalue weighted by molar-refractivity contribution is 7.89. The molecule has 0 radical (unpaired) electrons. The van der Waals surface area contributed by atoms with Crippen LogP contribution in [0.25, 0.3) is 5.69 Å². The van der Waals surface area contributed by atoms with Gasteiger partial charge in [-0.3, -0.25) is 4.79 Å². The van der Waals surface area contributed by atoms with Gasteiger partial charge < -0.3 is 14.4 Å². The first kappa shape index (κ1) is 25.4. The van der Waals surface area contributed by atoms with Gasteiger partial charge in [-0.1, -0.05) is 24.3 Å². The number of piperazine rings is 1. The lowest BCUT2D eigenvalue weighted by Gasteiger charge is -2.36. The number of sulfonamides is 1. The van der Waals surface area contributed by atoms with E-state index < -0.39 is 10.0 Å². The average Bonchev–Trinajstić information content (AvgIpc) is 2.95. The van der Waals surface area contributed by atoms with E-state index in [9.17, 15) is 13.2 Å². The van der Waals surface area contributed by atoms with Crippen molar-refractivity contribution < 1.29 is 17.9 Å². The SMILES string of the molecule is COC1CCCC(Oc2c(N3CCN(S(=O)(=O)c4ccccn4)CC3)cnn(-c3ccccc3)c2=O)C1. The van der Waals surface area contributed by atoms with Gasteiger partial charge in [0.05, 0.1) is 18.0 Å². The Kier molecular flexibility index (Phi) is 7.54. The van der Waals surface area contributed by atoms with Crippen LogP contribution in [0.5, 0.6) is 5.75 Å². The number of ether oxygens (including phenoxy) is 2. The van der Waals surface area contributed by atoms with Crippen LogP contribution >= 0.6 is 0 Å². The minimum absolute atomic E-state index is 0.0320. The van der Waals surface area contributed by atoms with Gasteiger partial charge in [-0.2, -0.15) is 14.1 Å². The quantitative estimate of drug-likeness (QED) is 0.463. The van der Waals surface area contributed by atoms with E-state index in [1.165, 1.54) is 21.3 Å². The summed E-state index contributed by atoms with van der Waals surface area (Å²) in [5.74, 6) is 0.238. The molecule has 1 saturated carbocycles. The van der Waals surface area contributed by atoms with Gasteiger partial charge in [0.2, 0.25) is 5.75 Å². The Bertz CT molecular complexity index is 1360. The second-order valence-corrected chi connectivity index (χ2v) is 11.1. The Hall–Kier alpha value is -3.28. The third-order valence-corrected chi connectivity index (χ3v) is 8.75. The van der Waals surface area contributed by atoms with E-state index in [2.05, 4.69) is 10.1 Å². The molecule has 3 aromatic rings. The van der Waals surface area contributed by atoms with Gasteiger partial charge in [-0.25, -0.2) is 13.4 Å². The summed E-state index contributed by atoms with van der Waals surface area (Å²) in [5.41, 5.74) is 0.881. The number of nitrogens with zero attached hydrogens (tertiary/aromatic N) is 5. The van der Waals surface area contributed by atoms with Crippen LogP contribution in [0, 0.1) is 0 Å². The van der Waals surface area contributed by atoms with Crippen molar-refractivity contribution in [1.29, 1.82) is 0 Å². The van der Waals surface area contributed by atoms with E-state index in [0.717, 1.165) is 19.3 Å². The van der Waals surface area contributed by atoms with E-state index in [1.54, 1.807) is 25.4 Å². The van der Waals surface area contributed by atoms with Gasteiger partial charge in [0.25, 0.3) is 10.0 Å². The van der Waals surface area contributed by atoms with Crippen molar-refractivity contribution in [3.8, 4) is 11.4 Å². The maximum Gasteiger partial charge on any atom is 0.316 e. The fraction of sp³-hybridized carbons (Fsp3) is 0.423. The molecular weight excluding hydrogens is 494 g/mol. The summed E-state index contributed by atoms with van der Waals surface area (Å²) in [5, 5.41) is 4.47. The molecule has 196 valence electrons. The lowest BCUT2D eigenvalue weighted by atomic mass is 9.95. The molecule has 2 fully saturated rings. The van der Waals surface area contributed by atoms with Crippen LogP contribution in [0.2, 0.25) is 0 Å². The number of methoxy groups -OCH3 is 1. The van der Waals surface area contributed by atoms with Gasteiger partial charge in [-0.15, -0.1) is 0 Å². The third-order valence-electron chi connectivity index (χ3n) is 6.93. The topological polar surface area (TPSA) is 107 Å². The minimum Gasteiger partial charge on any atom is -0.483 e. The molecule has 0 amide bonds. The molecule has 10 nitrogen and oxygen atoms in total. The molecule has 0 spiro atoms. The zero-order chi connectivity index (χ0) is 25.8. The molecule has 1 aromatic carbocycles. The number of pyridine rings is 1. The summed E-state index contributed by atoms with van der Waals surface area (Å²) in [6.45, 7) is 1.30. The Morgan fingerprint density at radius 2 is 1.68 bits per heavy atom. The van der Waals surface area contributed by atoms with Crippen molar-refractivity contribution in [2.75, 3.05) is 38.2 Å².